The van der Waals surface area contributed by atoms with Gasteiger partial charge in [-0.05, 0) is 24.1 Å². The molecule has 0 amide bonds. The van der Waals surface area contributed by atoms with Crippen LogP contribution in [0.3, 0.4) is 0 Å². The molecule has 0 saturated carbocycles. The first-order valence-corrected chi connectivity index (χ1v) is 6.42. The number of morpholine rings is 1. The van der Waals surface area contributed by atoms with E-state index in [4.69, 9.17) is 14.6 Å². The molecule has 0 unspecified atom stereocenters. The largest absolute Gasteiger partial charge is 0.495 e. The van der Waals surface area contributed by atoms with Gasteiger partial charge >= 0.3 is 5.97 Å². The number of rotatable bonds is 5. The quantitative estimate of drug-likeness (QED) is 0.875. The summed E-state index contributed by atoms with van der Waals surface area (Å²) in [4.78, 5) is 12.8. The van der Waals surface area contributed by atoms with E-state index in [0.717, 1.165) is 30.1 Å². The first-order valence-electron chi connectivity index (χ1n) is 6.42. The summed E-state index contributed by atoms with van der Waals surface area (Å²) >= 11 is 0. The zero-order valence-electron chi connectivity index (χ0n) is 11.1. The Labute approximate surface area is 112 Å². The van der Waals surface area contributed by atoms with Gasteiger partial charge in [-0.1, -0.05) is 6.07 Å². The normalized spacial score (nSPS) is 15.3. The maximum atomic E-state index is 10.6. The van der Waals surface area contributed by atoms with Crippen molar-refractivity contribution in [2.24, 2.45) is 0 Å². The van der Waals surface area contributed by atoms with Gasteiger partial charge in [-0.25, -0.2) is 0 Å². The van der Waals surface area contributed by atoms with Crippen LogP contribution in [0.5, 0.6) is 5.75 Å². The standard InChI is InChI=1S/C14H19NO4/c1-18-13-4-2-11(3-5-14(16)17)10-12(13)15-6-8-19-9-7-15/h2,4,10H,3,5-9H2,1H3,(H,16,17). The summed E-state index contributed by atoms with van der Waals surface area (Å²) in [6.45, 7) is 3.09. The van der Waals surface area contributed by atoms with Crippen molar-refractivity contribution in [2.75, 3.05) is 38.3 Å². The smallest absolute Gasteiger partial charge is 0.303 e. The summed E-state index contributed by atoms with van der Waals surface area (Å²) in [6.07, 6.45) is 0.686. The SMILES string of the molecule is COc1ccc(CCC(=O)O)cc1N1CCOCC1. The number of carbonyl (C=O) groups is 1. The molecule has 1 N–H and O–H groups in total. The molecule has 5 heteroatoms. The summed E-state index contributed by atoms with van der Waals surface area (Å²) < 4.78 is 10.7. The van der Waals surface area contributed by atoms with Crippen molar-refractivity contribution < 1.29 is 19.4 Å². The Kier molecular flexibility index (Phi) is 4.63. The average molecular weight is 265 g/mol. The minimum Gasteiger partial charge on any atom is -0.495 e. The Morgan fingerprint density at radius 3 is 2.79 bits per heavy atom. The van der Waals surface area contributed by atoms with Gasteiger partial charge in [-0.2, -0.15) is 0 Å². The van der Waals surface area contributed by atoms with Crippen LogP contribution in [-0.4, -0.2) is 44.5 Å². The first-order chi connectivity index (χ1) is 9.20. The van der Waals surface area contributed by atoms with Crippen molar-refractivity contribution in [1.29, 1.82) is 0 Å². The zero-order chi connectivity index (χ0) is 13.7. The number of aryl methyl sites for hydroxylation is 1. The molecule has 0 aliphatic carbocycles. The van der Waals surface area contributed by atoms with E-state index in [-0.39, 0.29) is 6.42 Å². The summed E-state index contributed by atoms with van der Waals surface area (Å²) in [5.41, 5.74) is 2.04. The molecule has 1 aliphatic rings. The van der Waals surface area contributed by atoms with Crippen molar-refractivity contribution in [3.8, 4) is 5.75 Å². The van der Waals surface area contributed by atoms with Crippen molar-refractivity contribution in [3.63, 3.8) is 0 Å². The van der Waals surface area contributed by atoms with Crippen molar-refractivity contribution >= 4 is 11.7 Å². The fourth-order valence-corrected chi connectivity index (χ4v) is 2.19. The molecule has 0 bridgehead atoms. The topological polar surface area (TPSA) is 59.0 Å². The van der Waals surface area contributed by atoms with Crippen molar-refractivity contribution in [1.82, 2.24) is 0 Å². The molecule has 1 aromatic carbocycles. The number of hydrogen-bond acceptors (Lipinski definition) is 4. The summed E-state index contributed by atoms with van der Waals surface area (Å²) in [6, 6.07) is 5.85. The number of carboxylic acids is 1. The second-order valence-corrected chi connectivity index (χ2v) is 4.50. The molecule has 5 nitrogen and oxygen atoms in total. The van der Waals surface area contributed by atoms with Gasteiger partial charge in [0.2, 0.25) is 0 Å². The van der Waals surface area contributed by atoms with E-state index in [9.17, 15) is 4.79 Å². The maximum Gasteiger partial charge on any atom is 0.303 e. The third-order valence-electron chi connectivity index (χ3n) is 3.22. The van der Waals surface area contributed by atoms with E-state index in [1.807, 2.05) is 18.2 Å². The van der Waals surface area contributed by atoms with E-state index < -0.39 is 5.97 Å². The second-order valence-electron chi connectivity index (χ2n) is 4.50. The van der Waals surface area contributed by atoms with Gasteiger partial charge in [-0.15, -0.1) is 0 Å². The average Bonchev–Trinajstić information content (AvgIpc) is 2.45. The van der Waals surface area contributed by atoms with Crippen LogP contribution in [0.15, 0.2) is 18.2 Å². The number of benzene rings is 1. The number of aliphatic carboxylic acids is 1. The monoisotopic (exact) mass is 265 g/mol. The lowest BCUT2D eigenvalue weighted by Gasteiger charge is -2.30. The Bertz CT molecular complexity index is 441. The van der Waals surface area contributed by atoms with Gasteiger partial charge in [0.05, 0.1) is 26.0 Å². The highest BCUT2D eigenvalue weighted by molar-refractivity contribution is 5.67. The predicted molar refractivity (Wildman–Crippen MR) is 72.0 cm³/mol. The van der Waals surface area contributed by atoms with Crippen LogP contribution in [-0.2, 0) is 16.0 Å². The number of anilines is 1. The Hall–Kier alpha value is -1.75. The molecule has 1 heterocycles. The Morgan fingerprint density at radius 1 is 1.42 bits per heavy atom. The minimum absolute atomic E-state index is 0.148. The molecular formula is C14H19NO4. The minimum atomic E-state index is -0.774. The number of ether oxygens (including phenoxy) is 2. The van der Waals surface area contributed by atoms with Crippen molar-refractivity contribution in [2.45, 2.75) is 12.8 Å². The van der Waals surface area contributed by atoms with Crippen LogP contribution < -0.4 is 9.64 Å². The lowest BCUT2D eigenvalue weighted by Crippen LogP contribution is -2.36. The molecule has 1 aliphatic heterocycles. The van der Waals surface area contributed by atoms with Gasteiger partial charge in [0, 0.05) is 19.5 Å². The number of hydrogen-bond donors (Lipinski definition) is 1. The highest BCUT2D eigenvalue weighted by Crippen LogP contribution is 2.30. The van der Waals surface area contributed by atoms with Crippen LogP contribution in [0.4, 0.5) is 5.69 Å². The lowest BCUT2D eigenvalue weighted by molar-refractivity contribution is -0.136. The third-order valence-corrected chi connectivity index (χ3v) is 3.22. The molecule has 0 aromatic heterocycles. The molecule has 0 atom stereocenters. The Balaban J connectivity index is 2.17. The van der Waals surface area contributed by atoms with Gasteiger partial charge in [0.1, 0.15) is 5.75 Å². The molecule has 1 fully saturated rings. The van der Waals surface area contributed by atoms with Gasteiger partial charge in [-0.3, -0.25) is 4.79 Å². The fourth-order valence-electron chi connectivity index (χ4n) is 2.19. The number of nitrogens with zero attached hydrogens (tertiary/aromatic N) is 1. The number of carboxylic acid groups (broad SMARTS) is 1. The van der Waals surface area contributed by atoms with Crippen LogP contribution in [0.2, 0.25) is 0 Å². The molecule has 19 heavy (non-hydrogen) atoms. The predicted octanol–water partition coefficient (Wildman–Crippen LogP) is 1.55. The fraction of sp³-hybridized carbons (Fsp3) is 0.500. The highest BCUT2D eigenvalue weighted by Gasteiger charge is 2.16. The van der Waals surface area contributed by atoms with Crippen LogP contribution >= 0.6 is 0 Å². The second kappa shape index (κ2) is 6.43. The summed E-state index contributed by atoms with van der Waals surface area (Å²) in [5, 5.41) is 8.74. The molecule has 0 spiro atoms. The summed E-state index contributed by atoms with van der Waals surface area (Å²) in [5.74, 6) is 0.0460. The molecule has 0 radical (unpaired) electrons. The molecular weight excluding hydrogens is 246 g/mol. The Morgan fingerprint density at radius 2 is 2.16 bits per heavy atom. The number of methoxy groups -OCH3 is 1. The van der Waals surface area contributed by atoms with Gasteiger partial charge < -0.3 is 19.5 Å². The molecule has 1 saturated heterocycles. The highest BCUT2D eigenvalue weighted by atomic mass is 16.5. The zero-order valence-corrected chi connectivity index (χ0v) is 11.1. The van der Waals surface area contributed by atoms with E-state index in [1.54, 1.807) is 7.11 Å². The van der Waals surface area contributed by atoms with Crippen LogP contribution in [0, 0.1) is 0 Å². The lowest BCUT2D eigenvalue weighted by atomic mass is 10.1. The van der Waals surface area contributed by atoms with E-state index >= 15 is 0 Å². The molecule has 2 rings (SSSR count). The first kappa shape index (κ1) is 13.7. The molecule has 1 aromatic rings. The third kappa shape index (κ3) is 3.61. The summed E-state index contributed by atoms with van der Waals surface area (Å²) in [7, 11) is 1.65. The van der Waals surface area contributed by atoms with Crippen molar-refractivity contribution in [3.05, 3.63) is 23.8 Å². The van der Waals surface area contributed by atoms with Crippen LogP contribution in [0.25, 0.3) is 0 Å². The van der Waals surface area contributed by atoms with Gasteiger partial charge in [0.25, 0.3) is 0 Å². The van der Waals surface area contributed by atoms with Gasteiger partial charge in [0.15, 0.2) is 0 Å². The van der Waals surface area contributed by atoms with E-state index in [1.165, 1.54) is 0 Å². The van der Waals surface area contributed by atoms with Crippen LogP contribution in [0.1, 0.15) is 12.0 Å². The van der Waals surface area contributed by atoms with E-state index in [2.05, 4.69) is 4.90 Å². The molecule has 104 valence electrons. The van der Waals surface area contributed by atoms with E-state index in [0.29, 0.717) is 19.6 Å². The maximum absolute atomic E-state index is 10.6.